The average Bonchev–Trinajstić information content (AvgIpc) is 2.45. The molecule has 0 saturated carbocycles. The zero-order valence-electron chi connectivity index (χ0n) is 8.73. The highest BCUT2D eigenvalue weighted by molar-refractivity contribution is 6.05. The van der Waals surface area contributed by atoms with E-state index in [2.05, 4.69) is 0 Å². The molecule has 0 N–H and O–H groups in total. The van der Waals surface area contributed by atoms with Crippen molar-refractivity contribution in [2.24, 2.45) is 0 Å². The van der Waals surface area contributed by atoms with E-state index in [0.29, 0.717) is 18.6 Å². The van der Waals surface area contributed by atoms with Gasteiger partial charge in [-0.15, -0.1) is 0 Å². The zero-order chi connectivity index (χ0) is 11.1. The van der Waals surface area contributed by atoms with E-state index in [4.69, 9.17) is 4.74 Å². The van der Waals surface area contributed by atoms with E-state index in [0.717, 1.165) is 0 Å². The van der Waals surface area contributed by atoms with E-state index in [1.807, 2.05) is 18.2 Å². The van der Waals surface area contributed by atoms with Gasteiger partial charge in [0, 0.05) is 0 Å². The maximum atomic E-state index is 11.6. The Bertz CT molecular complexity index is 335. The van der Waals surface area contributed by atoms with Crippen molar-refractivity contribution in [3.8, 4) is 0 Å². The summed E-state index contributed by atoms with van der Waals surface area (Å²) in [5, 5.41) is 0. The summed E-state index contributed by atoms with van der Waals surface area (Å²) in [5.74, 6) is -0.620. The Kier molecular flexibility index (Phi) is 4.54. The van der Waals surface area contributed by atoms with Crippen LogP contribution in [0.4, 0.5) is 0 Å². The van der Waals surface area contributed by atoms with Crippen molar-refractivity contribution in [2.45, 2.75) is 19.8 Å². The highest BCUT2D eigenvalue weighted by atomic mass is 16.5. The van der Waals surface area contributed by atoms with Gasteiger partial charge in [-0.25, -0.2) is 0 Å². The Morgan fingerprint density at radius 1 is 1.33 bits per heavy atom. The topological polar surface area (TPSA) is 43.4 Å². The summed E-state index contributed by atoms with van der Waals surface area (Å²) in [6, 6.07) is 0. The third-order valence-corrected chi connectivity index (χ3v) is 1.96. The quantitative estimate of drug-likeness (QED) is 0.521. The molecule has 1 aliphatic carbocycles. The lowest BCUT2D eigenvalue weighted by molar-refractivity contribution is -0.144. The molecule has 1 aliphatic rings. The Hall–Kier alpha value is -1.64. The van der Waals surface area contributed by atoms with Crippen molar-refractivity contribution in [2.75, 3.05) is 6.61 Å². The summed E-state index contributed by atoms with van der Waals surface area (Å²) in [4.78, 5) is 22.7. The van der Waals surface area contributed by atoms with Crippen LogP contribution in [0.15, 0.2) is 36.0 Å². The van der Waals surface area contributed by atoms with Crippen molar-refractivity contribution in [1.29, 1.82) is 0 Å². The van der Waals surface area contributed by atoms with Crippen molar-refractivity contribution in [3.63, 3.8) is 0 Å². The van der Waals surface area contributed by atoms with Crippen molar-refractivity contribution in [3.05, 3.63) is 36.0 Å². The number of carbonyl (C=O) groups is 2. The summed E-state index contributed by atoms with van der Waals surface area (Å²) < 4.78 is 4.71. The molecule has 0 heterocycles. The molecule has 0 aromatic heterocycles. The minimum atomic E-state index is -0.458. The Balaban J connectivity index is 2.53. The van der Waals surface area contributed by atoms with Crippen molar-refractivity contribution in [1.82, 2.24) is 0 Å². The average molecular weight is 206 g/mol. The molecule has 0 aromatic carbocycles. The minimum absolute atomic E-state index is 0.162. The smallest absolute Gasteiger partial charge is 0.313 e. The lowest BCUT2D eigenvalue weighted by Crippen LogP contribution is -2.12. The van der Waals surface area contributed by atoms with Gasteiger partial charge in [-0.2, -0.15) is 0 Å². The van der Waals surface area contributed by atoms with E-state index in [9.17, 15) is 9.59 Å². The normalized spacial score (nSPS) is 14.3. The summed E-state index contributed by atoms with van der Waals surface area (Å²) >= 11 is 0. The van der Waals surface area contributed by atoms with Gasteiger partial charge in [0.15, 0.2) is 5.78 Å². The molecule has 3 heteroatoms. The van der Waals surface area contributed by atoms with Crippen LogP contribution in [0.5, 0.6) is 0 Å². The monoisotopic (exact) mass is 206 g/mol. The molecule has 3 nitrogen and oxygen atoms in total. The molecule has 0 aromatic rings. The van der Waals surface area contributed by atoms with Crippen LogP contribution in [0.25, 0.3) is 0 Å². The van der Waals surface area contributed by atoms with Crippen LogP contribution < -0.4 is 0 Å². The molecule has 0 amide bonds. The molecule has 0 radical (unpaired) electrons. The fraction of sp³-hybridized carbons (Fsp3) is 0.333. The van der Waals surface area contributed by atoms with Gasteiger partial charge in [0.25, 0.3) is 0 Å². The number of allylic oxidation sites excluding steroid dienone is 6. The molecule has 0 fully saturated rings. The summed E-state index contributed by atoms with van der Waals surface area (Å²) in [6.45, 7) is 2.03. The summed E-state index contributed by atoms with van der Waals surface area (Å²) in [7, 11) is 0. The molecular formula is C12H14O3. The number of ether oxygens (including phenoxy) is 1. The first-order chi connectivity index (χ1) is 7.24. The van der Waals surface area contributed by atoms with Gasteiger partial charge < -0.3 is 4.74 Å². The molecular weight excluding hydrogens is 192 g/mol. The summed E-state index contributed by atoms with van der Waals surface area (Å²) in [6.07, 6.45) is 9.56. The van der Waals surface area contributed by atoms with Crippen LogP contribution in [0, 0.1) is 0 Å². The van der Waals surface area contributed by atoms with Gasteiger partial charge in [0.05, 0.1) is 6.61 Å². The number of hydrogen-bond donors (Lipinski definition) is 0. The first-order valence-electron chi connectivity index (χ1n) is 4.95. The van der Waals surface area contributed by atoms with Crippen LogP contribution in [0.3, 0.4) is 0 Å². The largest absolute Gasteiger partial charge is 0.466 e. The van der Waals surface area contributed by atoms with Gasteiger partial charge >= 0.3 is 5.97 Å². The number of hydrogen-bond acceptors (Lipinski definition) is 3. The molecule has 1 rings (SSSR count). The number of carbonyl (C=O) groups excluding carboxylic acids is 2. The third kappa shape index (κ3) is 3.94. The van der Waals surface area contributed by atoms with Gasteiger partial charge in [0.2, 0.25) is 0 Å². The number of ketones is 1. The lowest BCUT2D eigenvalue weighted by Gasteiger charge is -2.02. The van der Waals surface area contributed by atoms with E-state index < -0.39 is 5.97 Å². The fourth-order valence-corrected chi connectivity index (χ4v) is 1.24. The van der Waals surface area contributed by atoms with Crippen molar-refractivity contribution < 1.29 is 14.3 Å². The van der Waals surface area contributed by atoms with E-state index in [-0.39, 0.29) is 12.2 Å². The second kappa shape index (κ2) is 5.96. The predicted octanol–water partition coefficient (Wildman–Crippen LogP) is 1.95. The van der Waals surface area contributed by atoms with Gasteiger partial charge in [-0.05, 0) is 18.9 Å². The fourth-order valence-electron chi connectivity index (χ4n) is 1.24. The van der Waals surface area contributed by atoms with Crippen LogP contribution >= 0.6 is 0 Å². The molecule has 0 aliphatic heterocycles. The third-order valence-electron chi connectivity index (χ3n) is 1.96. The van der Waals surface area contributed by atoms with E-state index in [1.54, 1.807) is 19.1 Å². The highest BCUT2D eigenvalue weighted by Crippen LogP contribution is 2.10. The van der Waals surface area contributed by atoms with Crippen LogP contribution in [-0.2, 0) is 14.3 Å². The molecule has 0 spiro atoms. The number of Topliss-reactive ketones (excluding diaryl/α,β-unsaturated/α-hetero) is 1. The van der Waals surface area contributed by atoms with Crippen LogP contribution in [0.1, 0.15) is 19.8 Å². The molecule has 0 unspecified atom stereocenters. The Labute approximate surface area is 89.1 Å². The second-order valence-electron chi connectivity index (χ2n) is 3.11. The number of esters is 1. The highest BCUT2D eigenvalue weighted by Gasteiger charge is 2.13. The lowest BCUT2D eigenvalue weighted by atomic mass is 10.1. The van der Waals surface area contributed by atoms with Gasteiger partial charge in [-0.1, -0.05) is 30.4 Å². The molecule has 0 bridgehead atoms. The van der Waals surface area contributed by atoms with Crippen LogP contribution in [-0.4, -0.2) is 18.4 Å². The molecule has 15 heavy (non-hydrogen) atoms. The molecule has 0 saturated heterocycles. The Morgan fingerprint density at radius 2 is 2.13 bits per heavy atom. The van der Waals surface area contributed by atoms with Crippen molar-refractivity contribution >= 4 is 11.8 Å². The summed E-state index contributed by atoms with van der Waals surface area (Å²) in [5.41, 5.74) is 0.646. The van der Waals surface area contributed by atoms with Gasteiger partial charge in [0.1, 0.15) is 6.42 Å². The van der Waals surface area contributed by atoms with Crippen LogP contribution in [0.2, 0.25) is 0 Å². The predicted molar refractivity (Wildman–Crippen MR) is 57.2 cm³/mol. The second-order valence-corrected chi connectivity index (χ2v) is 3.11. The zero-order valence-corrected chi connectivity index (χ0v) is 8.73. The SMILES string of the molecule is CCOC(=O)CC(=O)C1=CC=CC=CC1. The minimum Gasteiger partial charge on any atom is -0.466 e. The van der Waals surface area contributed by atoms with E-state index in [1.165, 1.54) is 0 Å². The maximum absolute atomic E-state index is 11.6. The first kappa shape index (κ1) is 11.4. The maximum Gasteiger partial charge on any atom is 0.313 e. The molecule has 80 valence electrons. The van der Waals surface area contributed by atoms with E-state index >= 15 is 0 Å². The van der Waals surface area contributed by atoms with Gasteiger partial charge in [-0.3, -0.25) is 9.59 Å². The Morgan fingerprint density at radius 3 is 2.87 bits per heavy atom. The number of rotatable bonds is 4. The molecule has 0 atom stereocenters. The standard InChI is InChI=1S/C12H14O3/c1-2-15-12(14)9-11(13)10-7-5-3-4-6-8-10/h3-7H,2,8-9H2,1H3. The first-order valence-corrected chi connectivity index (χ1v) is 4.95.